The maximum atomic E-state index is 2.69. The third-order valence-corrected chi connectivity index (χ3v) is 1.72. The van der Waals surface area contributed by atoms with Gasteiger partial charge in [-0.1, -0.05) is 31.2 Å². The predicted octanol–water partition coefficient (Wildman–Crippen LogP) is 1.04. The van der Waals surface area contributed by atoms with Crippen molar-refractivity contribution in [2.75, 3.05) is 0 Å². The SMILES string of the molecule is CCc1ccc[c]([Al])c1. The van der Waals surface area contributed by atoms with Crippen LogP contribution in [0.5, 0.6) is 0 Å². The summed E-state index contributed by atoms with van der Waals surface area (Å²) >= 11 is 2.69. The highest BCUT2D eigenvalue weighted by atomic mass is 27.0. The van der Waals surface area contributed by atoms with Crippen molar-refractivity contribution in [3.05, 3.63) is 29.8 Å². The Morgan fingerprint density at radius 2 is 2.22 bits per heavy atom. The van der Waals surface area contributed by atoms with Crippen molar-refractivity contribution in [3.8, 4) is 0 Å². The zero-order chi connectivity index (χ0) is 6.69. The van der Waals surface area contributed by atoms with E-state index in [4.69, 9.17) is 0 Å². The molecule has 0 aromatic heterocycles. The highest BCUT2D eigenvalue weighted by Crippen LogP contribution is 1.94. The average Bonchev–Trinajstić information content (AvgIpc) is 1.88. The number of benzene rings is 1. The zero-order valence-corrected chi connectivity index (χ0v) is 6.75. The van der Waals surface area contributed by atoms with Gasteiger partial charge in [0.25, 0.3) is 0 Å². The molecule has 0 spiro atoms. The molecule has 0 bridgehead atoms. The molecule has 0 saturated heterocycles. The summed E-state index contributed by atoms with van der Waals surface area (Å²) in [4.78, 5) is 0. The highest BCUT2D eigenvalue weighted by molar-refractivity contribution is 6.32. The highest BCUT2D eigenvalue weighted by Gasteiger charge is 1.85. The van der Waals surface area contributed by atoms with E-state index in [1.165, 1.54) is 9.99 Å². The molecule has 1 aromatic carbocycles. The van der Waals surface area contributed by atoms with Crippen LogP contribution in [0.15, 0.2) is 24.3 Å². The Morgan fingerprint density at radius 3 is 2.67 bits per heavy atom. The number of hydrogen-bond donors (Lipinski definition) is 0. The van der Waals surface area contributed by atoms with Crippen molar-refractivity contribution in [1.29, 1.82) is 0 Å². The van der Waals surface area contributed by atoms with E-state index in [0.29, 0.717) is 0 Å². The first-order valence-electron chi connectivity index (χ1n) is 3.17. The van der Waals surface area contributed by atoms with Crippen LogP contribution in [0, 0.1) is 0 Å². The topological polar surface area (TPSA) is 0 Å². The molecule has 0 N–H and O–H groups in total. The van der Waals surface area contributed by atoms with Crippen LogP contribution < -0.4 is 4.43 Å². The van der Waals surface area contributed by atoms with Crippen molar-refractivity contribution in [2.24, 2.45) is 0 Å². The average molecular weight is 132 g/mol. The van der Waals surface area contributed by atoms with Crippen molar-refractivity contribution in [1.82, 2.24) is 0 Å². The maximum Gasteiger partial charge on any atom is 0.175 e. The third kappa shape index (κ3) is 1.86. The molecule has 1 rings (SSSR count). The molecule has 1 aromatic rings. The van der Waals surface area contributed by atoms with Crippen LogP contribution in [-0.2, 0) is 6.42 Å². The van der Waals surface area contributed by atoms with Crippen molar-refractivity contribution < 1.29 is 0 Å². The molecular weight excluding hydrogens is 123 g/mol. The van der Waals surface area contributed by atoms with Crippen LogP contribution in [0.1, 0.15) is 12.5 Å². The molecular formula is C8H9Al. The maximum absolute atomic E-state index is 2.69. The van der Waals surface area contributed by atoms with Crippen LogP contribution in [0.2, 0.25) is 0 Å². The molecule has 0 fully saturated rings. The smallest absolute Gasteiger partial charge is 0.139 e. The van der Waals surface area contributed by atoms with E-state index in [0.717, 1.165) is 6.42 Å². The summed E-state index contributed by atoms with van der Waals surface area (Å²) in [5.74, 6) is 0. The fourth-order valence-corrected chi connectivity index (χ4v) is 1.14. The van der Waals surface area contributed by atoms with Crippen LogP contribution in [-0.4, -0.2) is 16.3 Å². The van der Waals surface area contributed by atoms with Gasteiger partial charge in [0.15, 0.2) is 16.3 Å². The van der Waals surface area contributed by atoms with Crippen molar-refractivity contribution >= 4 is 20.7 Å². The molecule has 0 aliphatic rings. The normalized spacial score (nSPS) is 9.44. The summed E-state index contributed by atoms with van der Waals surface area (Å²) in [7, 11) is 0. The molecule has 1 heteroatoms. The van der Waals surface area contributed by atoms with Crippen molar-refractivity contribution in [3.63, 3.8) is 0 Å². The van der Waals surface area contributed by atoms with Gasteiger partial charge in [0.2, 0.25) is 0 Å². The molecule has 2 radical (unpaired) electrons. The van der Waals surface area contributed by atoms with Gasteiger partial charge in [0.1, 0.15) is 0 Å². The van der Waals surface area contributed by atoms with Gasteiger partial charge in [0.05, 0.1) is 0 Å². The second kappa shape index (κ2) is 3.06. The molecule has 0 atom stereocenters. The Labute approximate surface area is 64.3 Å². The third-order valence-electron chi connectivity index (χ3n) is 1.36. The second-order valence-electron chi connectivity index (χ2n) is 2.10. The van der Waals surface area contributed by atoms with E-state index in [2.05, 4.69) is 47.5 Å². The van der Waals surface area contributed by atoms with E-state index < -0.39 is 0 Å². The van der Waals surface area contributed by atoms with Gasteiger partial charge in [0, 0.05) is 0 Å². The van der Waals surface area contributed by atoms with Gasteiger partial charge < -0.3 is 0 Å². The van der Waals surface area contributed by atoms with E-state index in [9.17, 15) is 0 Å². The first kappa shape index (κ1) is 6.87. The Hall–Kier alpha value is -0.248. The molecule has 0 amide bonds. The van der Waals surface area contributed by atoms with Gasteiger partial charge in [-0.3, -0.25) is 0 Å². The molecule has 0 heterocycles. The van der Waals surface area contributed by atoms with E-state index in [1.54, 1.807) is 0 Å². The predicted molar refractivity (Wildman–Crippen MR) is 41.2 cm³/mol. The van der Waals surface area contributed by atoms with Crippen LogP contribution >= 0.6 is 0 Å². The number of rotatable bonds is 1. The number of hydrogen-bond acceptors (Lipinski definition) is 0. The Bertz CT molecular complexity index is 194. The van der Waals surface area contributed by atoms with E-state index in [-0.39, 0.29) is 0 Å². The van der Waals surface area contributed by atoms with Gasteiger partial charge in [-0.2, -0.15) is 0 Å². The van der Waals surface area contributed by atoms with Gasteiger partial charge in [-0.25, -0.2) is 0 Å². The number of aryl methyl sites for hydroxylation is 1. The van der Waals surface area contributed by atoms with Crippen LogP contribution in [0.4, 0.5) is 0 Å². The zero-order valence-electron chi connectivity index (χ0n) is 5.59. The summed E-state index contributed by atoms with van der Waals surface area (Å²) in [6.45, 7) is 2.17. The lowest BCUT2D eigenvalue weighted by Crippen LogP contribution is -2.01. The molecule has 0 aliphatic carbocycles. The minimum atomic E-state index is 1.13. The molecule has 0 saturated carbocycles. The Balaban J connectivity index is 2.94. The second-order valence-corrected chi connectivity index (χ2v) is 2.77. The Kier molecular flexibility index (Phi) is 2.33. The fraction of sp³-hybridized carbons (Fsp3) is 0.250. The van der Waals surface area contributed by atoms with Gasteiger partial charge in [-0.05, 0) is 12.0 Å². The first-order chi connectivity index (χ1) is 4.33. The summed E-state index contributed by atoms with van der Waals surface area (Å²) in [6, 6.07) is 8.50. The largest absolute Gasteiger partial charge is 0.175 e. The quantitative estimate of drug-likeness (QED) is 0.501. The minimum absolute atomic E-state index is 1.13. The van der Waals surface area contributed by atoms with Crippen LogP contribution in [0.3, 0.4) is 0 Å². The lowest BCUT2D eigenvalue weighted by Gasteiger charge is -1.96. The molecule has 0 aliphatic heterocycles. The minimum Gasteiger partial charge on any atom is -0.139 e. The summed E-state index contributed by atoms with van der Waals surface area (Å²) in [6.07, 6.45) is 1.13. The monoisotopic (exact) mass is 132 g/mol. The van der Waals surface area contributed by atoms with Crippen LogP contribution in [0.25, 0.3) is 0 Å². The van der Waals surface area contributed by atoms with E-state index in [1.807, 2.05) is 0 Å². The molecule has 0 unspecified atom stereocenters. The summed E-state index contributed by atoms with van der Waals surface area (Å²) in [5.41, 5.74) is 1.41. The van der Waals surface area contributed by atoms with Gasteiger partial charge >= 0.3 is 0 Å². The van der Waals surface area contributed by atoms with E-state index >= 15 is 0 Å². The Morgan fingerprint density at radius 1 is 1.44 bits per heavy atom. The molecule has 0 nitrogen and oxygen atoms in total. The van der Waals surface area contributed by atoms with Crippen molar-refractivity contribution in [2.45, 2.75) is 13.3 Å². The lowest BCUT2D eigenvalue weighted by molar-refractivity contribution is 1.14. The standard InChI is InChI=1S/C8H9.Al/c1-2-8-6-4-3-5-7-8;/h3-4,6-7H,2H2,1H3;. The fourth-order valence-electron chi connectivity index (χ4n) is 0.813. The molecule has 44 valence electrons. The lowest BCUT2D eigenvalue weighted by atomic mass is 10.2. The first-order valence-corrected chi connectivity index (χ1v) is 3.75. The molecule has 9 heavy (non-hydrogen) atoms. The summed E-state index contributed by atoms with van der Waals surface area (Å²) in [5, 5.41) is 0. The van der Waals surface area contributed by atoms with Gasteiger partial charge in [-0.15, -0.1) is 4.43 Å². The summed E-state index contributed by atoms with van der Waals surface area (Å²) < 4.78 is 1.27.